The number of rotatable bonds is 7. The van der Waals surface area contributed by atoms with Crippen molar-refractivity contribution in [3.63, 3.8) is 0 Å². The lowest BCUT2D eigenvalue weighted by Gasteiger charge is -2.39. The fourth-order valence-electron chi connectivity index (χ4n) is 2.65. The predicted molar refractivity (Wildman–Crippen MR) is 75.7 cm³/mol. The maximum Gasteiger partial charge on any atom is 0.0897 e. The summed E-state index contributed by atoms with van der Waals surface area (Å²) in [5.74, 6) is 0.530. The van der Waals surface area contributed by atoms with Gasteiger partial charge in [-0.05, 0) is 24.2 Å². The van der Waals surface area contributed by atoms with E-state index in [4.69, 9.17) is 4.74 Å². The highest BCUT2D eigenvalue weighted by Gasteiger charge is 2.31. The summed E-state index contributed by atoms with van der Waals surface area (Å²) in [6.07, 6.45) is 4.77. The van der Waals surface area contributed by atoms with Crippen LogP contribution in [-0.4, -0.2) is 37.0 Å². The van der Waals surface area contributed by atoms with Crippen molar-refractivity contribution in [2.24, 2.45) is 11.3 Å². The van der Waals surface area contributed by atoms with Crippen LogP contribution in [0, 0.1) is 11.3 Å². The molecule has 0 aliphatic heterocycles. The molecule has 0 bridgehead atoms. The maximum absolute atomic E-state index is 9.88. The molecule has 1 fully saturated rings. The highest BCUT2D eigenvalue weighted by Crippen LogP contribution is 2.35. The van der Waals surface area contributed by atoms with Gasteiger partial charge in [0.05, 0.1) is 12.7 Å². The molecule has 1 rings (SSSR count). The van der Waals surface area contributed by atoms with Crippen LogP contribution in [0.25, 0.3) is 0 Å². The minimum Gasteiger partial charge on any atom is -0.389 e. The number of aliphatic hydroxyl groups is 1. The van der Waals surface area contributed by atoms with E-state index in [0.29, 0.717) is 30.5 Å². The van der Waals surface area contributed by atoms with E-state index in [9.17, 15) is 5.11 Å². The topological polar surface area (TPSA) is 41.5 Å². The molecule has 2 N–H and O–H groups in total. The molecule has 0 spiro atoms. The Kier molecular flexibility index (Phi) is 6.61. The molecule has 18 heavy (non-hydrogen) atoms. The van der Waals surface area contributed by atoms with Crippen molar-refractivity contribution in [1.29, 1.82) is 0 Å². The average molecular weight is 257 g/mol. The smallest absolute Gasteiger partial charge is 0.0897 e. The number of nitrogens with one attached hydrogen (secondary N) is 1. The number of aliphatic hydroxyl groups excluding tert-OH is 1. The van der Waals surface area contributed by atoms with Crippen molar-refractivity contribution in [2.75, 3.05) is 19.8 Å². The average Bonchev–Trinajstić information content (AvgIpc) is 2.26. The molecular weight excluding hydrogens is 226 g/mol. The first-order valence-corrected chi connectivity index (χ1v) is 7.41. The fraction of sp³-hybridized carbons (Fsp3) is 1.00. The van der Waals surface area contributed by atoms with Crippen LogP contribution >= 0.6 is 0 Å². The van der Waals surface area contributed by atoms with Gasteiger partial charge in [-0.3, -0.25) is 0 Å². The summed E-state index contributed by atoms with van der Waals surface area (Å²) in [6.45, 7) is 10.7. The van der Waals surface area contributed by atoms with E-state index in [2.05, 4.69) is 33.0 Å². The molecule has 0 saturated heterocycles. The Balaban J connectivity index is 2.18. The van der Waals surface area contributed by atoms with Crippen LogP contribution in [0.5, 0.6) is 0 Å². The van der Waals surface area contributed by atoms with Gasteiger partial charge in [0.2, 0.25) is 0 Å². The Labute approximate surface area is 112 Å². The van der Waals surface area contributed by atoms with Gasteiger partial charge in [-0.2, -0.15) is 0 Å². The molecule has 1 aliphatic rings. The lowest BCUT2D eigenvalue weighted by molar-refractivity contribution is 0.0210. The minimum atomic E-state index is -0.388. The summed E-state index contributed by atoms with van der Waals surface area (Å²) in [7, 11) is 0. The molecule has 3 nitrogen and oxygen atoms in total. The van der Waals surface area contributed by atoms with Gasteiger partial charge in [0, 0.05) is 19.2 Å². The third-order valence-electron chi connectivity index (χ3n) is 3.87. The SMILES string of the molecule is CC(C)COCC(O)CNC1CCCCC1(C)C. The van der Waals surface area contributed by atoms with Gasteiger partial charge >= 0.3 is 0 Å². The predicted octanol–water partition coefficient (Wildman–Crippen LogP) is 2.58. The van der Waals surface area contributed by atoms with Gasteiger partial charge in [0.15, 0.2) is 0 Å². The van der Waals surface area contributed by atoms with Crippen LogP contribution in [0.15, 0.2) is 0 Å². The van der Waals surface area contributed by atoms with E-state index in [-0.39, 0.29) is 6.10 Å². The molecule has 2 atom stereocenters. The molecule has 3 heteroatoms. The molecule has 0 aromatic heterocycles. The van der Waals surface area contributed by atoms with Crippen LogP contribution < -0.4 is 5.32 Å². The van der Waals surface area contributed by atoms with Crippen LogP contribution in [0.1, 0.15) is 53.4 Å². The van der Waals surface area contributed by atoms with Gasteiger partial charge in [0.1, 0.15) is 0 Å². The van der Waals surface area contributed by atoms with Crippen molar-refractivity contribution >= 4 is 0 Å². The molecular formula is C15H31NO2. The van der Waals surface area contributed by atoms with Crippen LogP contribution in [0.2, 0.25) is 0 Å². The molecule has 2 unspecified atom stereocenters. The fourth-order valence-corrected chi connectivity index (χ4v) is 2.65. The molecule has 0 aromatic rings. The Morgan fingerprint density at radius 1 is 1.28 bits per heavy atom. The molecule has 0 heterocycles. The lowest BCUT2D eigenvalue weighted by atomic mass is 9.73. The first-order valence-electron chi connectivity index (χ1n) is 7.41. The standard InChI is InChI=1S/C15H31NO2/c1-12(2)10-18-11-13(17)9-16-14-7-5-6-8-15(14,3)4/h12-14,16-17H,5-11H2,1-4H3. The Hall–Kier alpha value is -0.120. The summed E-state index contributed by atoms with van der Waals surface area (Å²) < 4.78 is 5.46. The Morgan fingerprint density at radius 3 is 2.61 bits per heavy atom. The molecule has 1 aliphatic carbocycles. The van der Waals surface area contributed by atoms with Gasteiger partial charge < -0.3 is 15.2 Å². The van der Waals surface area contributed by atoms with Gasteiger partial charge in [0.25, 0.3) is 0 Å². The minimum absolute atomic E-state index is 0.358. The number of hydrogen-bond acceptors (Lipinski definition) is 3. The summed E-state index contributed by atoms with van der Waals surface area (Å²) in [5.41, 5.74) is 0.358. The molecule has 0 amide bonds. The molecule has 0 aromatic carbocycles. The lowest BCUT2D eigenvalue weighted by Crippen LogP contribution is -2.47. The second kappa shape index (κ2) is 7.46. The third kappa shape index (κ3) is 5.68. The third-order valence-corrected chi connectivity index (χ3v) is 3.87. The highest BCUT2D eigenvalue weighted by molar-refractivity contribution is 4.88. The summed E-state index contributed by atoms with van der Waals surface area (Å²) in [6, 6.07) is 0.533. The Morgan fingerprint density at radius 2 is 2.00 bits per heavy atom. The van der Waals surface area contributed by atoms with Gasteiger partial charge in [-0.1, -0.05) is 40.5 Å². The summed E-state index contributed by atoms with van der Waals surface area (Å²) in [4.78, 5) is 0. The van der Waals surface area contributed by atoms with E-state index in [0.717, 1.165) is 6.61 Å². The van der Waals surface area contributed by atoms with E-state index in [1.54, 1.807) is 0 Å². The van der Waals surface area contributed by atoms with Crippen molar-refractivity contribution in [2.45, 2.75) is 65.5 Å². The van der Waals surface area contributed by atoms with Gasteiger partial charge in [-0.25, -0.2) is 0 Å². The molecule has 1 saturated carbocycles. The van der Waals surface area contributed by atoms with Crippen LogP contribution in [-0.2, 0) is 4.74 Å². The van der Waals surface area contributed by atoms with Crippen molar-refractivity contribution in [3.8, 4) is 0 Å². The van der Waals surface area contributed by atoms with Crippen molar-refractivity contribution < 1.29 is 9.84 Å². The maximum atomic E-state index is 9.88. The van der Waals surface area contributed by atoms with E-state index in [1.807, 2.05) is 0 Å². The second-order valence-electron chi connectivity index (χ2n) is 6.78. The summed E-state index contributed by atoms with van der Waals surface area (Å²) in [5, 5.41) is 13.4. The van der Waals surface area contributed by atoms with E-state index in [1.165, 1.54) is 25.7 Å². The van der Waals surface area contributed by atoms with E-state index >= 15 is 0 Å². The highest BCUT2D eigenvalue weighted by atomic mass is 16.5. The normalized spacial score (nSPS) is 25.3. The second-order valence-corrected chi connectivity index (χ2v) is 6.78. The first kappa shape index (κ1) is 15.9. The first-order chi connectivity index (χ1) is 8.42. The van der Waals surface area contributed by atoms with Crippen molar-refractivity contribution in [1.82, 2.24) is 5.32 Å². The zero-order valence-corrected chi connectivity index (χ0v) is 12.5. The van der Waals surface area contributed by atoms with Gasteiger partial charge in [-0.15, -0.1) is 0 Å². The largest absolute Gasteiger partial charge is 0.389 e. The number of hydrogen-bond donors (Lipinski definition) is 2. The monoisotopic (exact) mass is 257 g/mol. The zero-order chi connectivity index (χ0) is 13.6. The summed E-state index contributed by atoms with van der Waals surface area (Å²) >= 11 is 0. The molecule has 0 radical (unpaired) electrons. The van der Waals surface area contributed by atoms with Crippen LogP contribution in [0.4, 0.5) is 0 Å². The Bertz CT molecular complexity index is 229. The van der Waals surface area contributed by atoms with Crippen molar-refractivity contribution in [3.05, 3.63) is 0 Å². The van der Waals surface area contributed by atoms with Crippen LogP contribution in [0.3, 0.4) is 0 Å². The number of ether oxygens (including phenoxy) is 1. The molecule has 108 valence electrons. The quantitative estimate of drug-likeness (QED) is 0.736. The zero-order valence-electron chi connectivity index (χ0n) is 12.5. The van der Waals surface area contributed by atoms with E-state index < -0.39 is 0 Å².